The quantitative estimate of drug-likeness (QED) is 0.552. The number of nitrogens with one attached hydrogen (secondary N) is 1. The first-order valence-electron chi connectivity index (χ1n) is 9.01. The van der Waals surface area contributed by atoms with Crippen molar-refractivity contribution in [1.82, 2.24) is 9.78 Å². The minimum Gasteiger partial charge on any atom is -0.461 e. The highest BCUT2D eigenvalue weighted by Crippen LogP contribution is 2.16. The number of nitrogens with zero attached hydrogens (tertiary/aromatic N) is 2. The van der Waals surface area contributed by atoms with Gasteiger partial charge in [-0.1, -0.05) is 18.2 Å². The molecular weight excluding hydrogens is 408 g/mol. The number of anilines is 1. The Hall–Kier alpha value is -3.50. The van der Waals surface area contributed by atoms with Crippen LogP contribution in [0.5, 0.6) is 0 Å². The second-order valence-corrected chi connectivity index (χ2v) is 7.89. The molecule has 9 nitrogen and oxygen atoms in total. The first kappa shape index (κ1) is 21.2. The molecule has 1 amide bonds. The monoisotopic (exact) mass is 428 g/mol. The summed E-state index contributed by atoms with van der Waals surface area (Å²) in [5.41, 5.74) is 2.03. The van der Waals surface area contributed by atoms with Crippen LogP contribution < -0.4 is 10.5 Å². The van der Waals surface area contributed by atoms with Crippen molar-refractivity contribution in [1.29, 1.82) is 0 Å². The van der Waals surface area contributed by atoms with E-state index in [-0.39, 0.29) is 29.5 Å². The lowest BCUT2D eigenvalue weighted by Gasteiger charge is -2.08. The van der Waals surface area contributed by atoms with E-state index in [1.165, 1.54) is 28.9 Å². The molecule has 0 aliphatic carbocycles. The van der Waals surface area contributed by atoms with Crippen molar-refractivity contribution in [3.05, 3.63) is 72.1 Å². The molecule has 3 N–H and O–H groups in total. The molecule has 0 radical (unpaired) electrons. The van der Waals surface area contributed by atoms with E-state index in [2.05, 4.69) is 10.4 Å². The molecule has 156 valence electrons. The zero-order valence-corrected chi connectivity index (χ0v) is 16.9. The molecule has 0 saturated heterocycles. The zero-order valence-electron chi connectivity index (χ0n) is 16.1. The van der Waals surface area contributed by atoms with Gasteiger partial charge in [-0.05, 0) is 48.9 Å². The topological polar surface area (TPSA) is 133 Å². The highest BCUT2D eigenvalue weighted by Gasteiger charge is 2.12. The van der Waals surface area contributed by atoms with E-state index in [1.54, 1.807) is 43.5 Å². The molecule has 2 aromatic carbocycles. The average molecular weight is 428 g/mol. The largest absolute Gasteiger partial charge is 0.461 e. The molecule has 0 unspecified atom stereocenters. The van der Waals surface area contributed by atoms with E-state index < -0.39 is 16.0 Å². The van der Waals surface area contributed by atoms with Crippen LogP contribution in [-0.2, 0) is 26.0 Å². The van der Waals surface area contributed by atoms with Gasteiger partial charge in [-0.15, -0.1) is 0 Å². The zero-order chi connectivity index (χ0) is 21.7. The van der Waals surface area contributed by atoms with Crippen LogP contribution in [0.15, 0.2) is 65.7 Å². The van der Waals surface area contributed by atoms with Crippen molar-refractivity contribution in [3.8, 4) is 5.69 Å². The number of ether oxygens (including phenoxy) is 1. The van der Waals surface area contributed by atoms with Crippen LogP contribution in [0, 0.1) is 0 Å². The fourth-order valence-electron chi connectivity index (χ4n) is 2.70. The molecule has 3 aromatic rings. The number of carbonyl (C=O) groups excluding carboxylic acids is 2. The number of amides is 1. The third-order valence-electron chi connectivity index (χ3n) is 4.08. The molecule has 0 atom stereocenters. The van der Waals surface area contributed by atoms with Crippen LogP contribution >= 0.6 is 0 Å². The van der Waals surface area contributed by atoms with Crippen molar-refractivity contribution in [2.75, 3.05) is 11.9 Å². The van der Waals surface area contributed by atoms with Crippen molar-refractivity contribution in [3.63, 3.8) is 0 Å². The van der Waals surface area contributed by atoms with E-state index in [4.69, 9.17) is 9.88 Å². The van der Waals surface area contributed by atoms with Gasteiger partial charge in [0.1, 0.15) is 0 Å². The molecule has 30 heavy (non-hydrogen) atoms. The van der Waals surface area contributed by atoms with Gasteiger partial charge in [-0.3, -0.25) is 4.79 Å². The van der Waals surface area contributed by atoms with Gasteiger partial charge >= 0.3 is 5.97 Å². The van der Waals surface area contributed by atoms with E-state index in [1.807, 2.05) is 0 Å². The molecule has 0 saturated carbocycles. The first-order chi connectivity index (χ1) is 14.3. The Balaban J connectivity index is 1.68. The Labute approximate surface area is 173 Å². The fourth-order valence-corrected chi connectivity index (χ4v) is 3.21. The average Bonchev–Trinajstić information content (AvgIpc) is 3.18. The SMILES string of the molecule is CCOC(=O)c1ccn(-c2cccc(NC(=O)Cc3ccc(S(N)(=O)=O)cc3)c2)n1. The number of primary sulfonamides is 1. The molecule has 0 bridgehead atoms. The number of carbonyl (C=O) groups is 2. The molecule has 0 aliphatic rings. The number of aromatic nitrogens is 2. The number of rotatable bonds is 7. The van der Waals surface area contributed by atoms with Crippen LogP contribution in [0.2, 0.25) is 0 Å². The summed E-state index contributed by atoms with van der Waals surface area (Å²) >= 11 is 0. The van der Waals surface area contributed by atoms with Crippen LogP contribution in [0.1, 0.15) is 23.0 Å². The molecule has 0 fully saturated rings. The Kier molecular flexibility index (Phi) is 6.28. The molecule has 1 aromatic heterocycles. The van der Waals surface area contributed by atoms with Gasteiger partial charge in [0.15, 0.2) is 5.69 Å². The number of esters is 1. The van der Waals surface area contributed by atoms with Crippen molar-refractivity contribution in [2.45, 2.75) is 18.2 Å². The van der Waals surface area contributed by atoms with E-state index >= 15 is 0 Å². The maximum atomic E-state index is 12.3. The van der Waals surface area contributed by atoms with Gasteiger partial charge in [0.25, 0.3) is 0 Å². The van der Waals surface area contributed by atoms with E-state index in [0.29, 0.717) is 16.9 Å². The highest BCUT2D eigenvalue weighted by molar-refractivity contribution is 7.89. The molecule has 1 heterocycles. The van der Waals surface area contributed by atoms with Crippen molar-refractivity contribution < 1.29 is 22.7 Å². The molecule has 0 spiro atoms. The molecule has 0 aliphatic heterocycles. The van der Waals surface area contributed by atoms with Gasteiger partial charge < -0.3 is 10.1 Å². The second kappa shape index (κ2) is 8.89. The summed E-state index contributed by atoms with van der Waals surface area (Å²) in [4.78, 5) is 24.1. The normalized spacial score (nSPS) is 11.1. The minimum atomic E-state index is -3.77. The number of benzene rings is 2. The minimum absolute atomic E-state index is 0.0132. The summed E-state index contributed by atoms with van der Waals surface area (Å²) in [7, 11) is -3.77. The Morgan fingerprint density at radius 1 is 1.13 bits per heavy atom. The number of nitrogens with two attached hydrogens (primary N) is 1. The number of hydrogen-bond acceptors (Lipinski definition) is 6. The van der Waals surface area contributed by atoms with Gasteiger partial charge in [-0.2, -0.15) is 5.10 Å². The van der Waals surface area contributed by atoms with Crippen LogP contribution in [-0.4, -0.2) is 36.7 Å². The molecular formula is C20H20N4O5S. The summed E-state index contributed by atoms with van der Waals surface area (Å²) in [6, 6.07) is 14.3. The van der Waals surface area contributed by atoms with E-state index in [0.717, 1.165) is 0 Å². The summed E-state index contributed by atoms with van der Waals surface area (Å²) in [6.45, 7) is 1.98. The van der Waals surface area contributed by atoms with Crippen LogP contribution in [0.25, 0.3) is 5.69 Å². The summed E-state index contributed by atoms with van der Waals surface area (Å²) in [6.07, 6.45) is 1.68. The Bertz CT molecular complexity index is 1170. The van der Waals surface area contributed by atoms with Crippen molar-refractivity contribution in [2.24, 2.45) is 5.14 Å². The summed E-state index contributed by atoms with van der Waals surface area (Å²) in [5, 5.41) is 12.0. The van der Waals surface area contributed by atoms with Gasteiger partial charge in [0.05, 0.1) is 23.6 Å². The van der Waals surface area contributed by atoms with Gasteiger partial charge in [0, 0.05) is 11.9 Å². The second-order valence-electron chi connectivity index (χ2n) is 6.33. The standard InChI is InChI=1S/C20H20N4O5S/c1-2-29-20(26)18-10-11-24(23-18)16-5-3-4-15(13-16)22-19(25)12-14-6-8-17(9-7-14)30(21,27)28/h3-11,13H,2,12H2,1H3,(H,22,25)(H2,21,27,28). The first-order valence-corrected chi connectivity index (χ1v) is 10.6. The lowest BCUT2D eigenvalue weighted by atomic mass is 10.1. The van der Waals surface area contributed by atoms with E-state index in [9.17, 15) is 18.0 Å². The third-order valence-corrected chi connectivity index (χ3v) is 5.01. The van der Waals surface area contributed by atoms with Gasteiger partial charge in [0.2, 0.25) is 15.9 Å². The molecule has 10 heteroatoms. The number of hydrogen-bond donors (Lipinski definition) is 2. The number of sulfonamides is 1. The van der Waals surface area contributed by atoms with Crippen LogP contribution in [0.4, 0.5) is 5.69 Å². The maximum Gasteiger partial charge on any atom is 0.358 e. The summed E-state index contributed by atoms with van der Waals surface area (Å²) in [5.74, 6) is -0.780. The lowest BCUT2D eigenvalue weighted by Crippen LogP contribution is -2.15. The highest BCUT2D eigenvalue weighted by atomic mass is 32.2. The van der Waals surface area contributed by atoms with Crippen molar-refractivity contribution >= 4 is 27.6 Å². The Morgan fingerprint density at radius 2 is 1.87 bits per heavy atom. The fraction of sp³-hybridized carbons (Fsp3) is 0.150. The predicted octanol–water partition coefficient (Wildman–Crippen LogP) is 1.88. The Morgan fingerprint density at radius 3 is 2.53 bits per heavy atom. The third kappa shape index (κ3) is 5.31. The maximum absolute atomic E-state index is 12.3. The predicted molar refractivity (Wildman–Crippen MR) is 110 cm³/mol. The van der Waals surface area contributed by atoms with Gasteiger partial charge in [-0.25, -0.2) is 23.0 Å². The van der Waals surface area contributed by atoms with Crippen LogP contribution in [0.3, 0.4) is 0 Å². The summed E-state index contributed by atoms with van der Waals surface area (Å²) < 4.78 is 29.0. The molecule has 3 rings (SSSR count). The lowest BCUT2D eigenvalue weighted by molar-refractivity contribution is -0.115. The smallest absolute Gasteiger partial charge is 0.358 e.